The molecule has 26 heavy (non-hydrogen) atoms. The highest BCUT2D eigenvalue weighted by molar-refractivity contribution is 7.92. The number of aryl methyl sites for hydroxylation is 2. The number of rotatable bonds is 3. The first-order chi connectivity index (χ1) is 12.0. The highest BCUT2D eigenvalue weighted by Gasteiger charge is 2.13. The lowest BCUT2D eigenvalue weighted by Gasteiger charge is -2.09. The van der Waals surface area contributed by atoms with Gasteiger partial charge in [-0.2, -0.15) is 9.61 Å². The third-order valence-electron chi connectivity index (χ3n) is 3.57. The van der Waals surface area contributed by atoms with Gasteiger partial charge in [-0.25, -0.2) is 13.4 Å². The zero-order valence-corrected chi connectivity index (χ0v) is 16.4. The second-order valence-corrected chi connectivity index (χ2v) is 8.41. The van der Waals surface area contributed by atoms with Gasteiger partial charge in [0.05, 0.1) is 27.7 Å². The van der Waals surface area contributed by atoms with Crippen molar-refractivity contribution >= 4 is 50.6 Å². The molecular weight excluding hydrogens is 399 g/mol. The van der Waals surface area contributed by atoms with E-state index >= 15 is 0 Å². The van der Waals surface area contributed by atoms with Crippen LogP contribution >= 0.6 is 23.2 Å². The highest BCUT2D eigenvalue weighted by atomic mass is 35.5. The fourth-order valence-electron chi connectivity index (χ4n) is 2.52. The molecule has 0 fully saturated rings. The van der Waals surface area contributed by atoms with Crippen molar-refractivity contribution in [3.05, 3.63) is 60.8 Å². The minimum atomic E-state index is -3.52. The summed E-state index contributed by atoms with van der Waals surface area (Å²) in [7, 11) is -3.52. The lowest BCUT2D eigenvalue weighted by Crippen LogP contribution is -2.16. The average molecular weight is 413 g/mol. The first-order valence-electron chi connectivity index (χ1n) is 7.41. The Hall–Kier alpha value is -2.16. The zero-order chi connectivity index (χ0) is 19.2. The van der Waals surface area contributed by atoms with Crippen LogP contribution in [0.3, 0.4) is 0 Å². The largest absolute Gasteiger partial charge is 0.281 e. The molecular formula is C16H14Cl2N4O3S. The molecule has 0 saturated heterocycles. The van der Waals surface area contributed by atoms with Crippen LogP contribution in [0.4, 0.5) is 5.69 Å². The maximum Gasteiger partial charge on any atom is 0.274 e. The van der Waals surface area contributed by atoms with E-state index in [1.54, 1.807) is 32.1 Å². The molecule has 0 bridgehead atoms. The second kappa shape index (κ2) is 6.53. The molecule has 136 valence electrons. The van der Waals surface area contributed by atoms with Gasteiger partial charge in [0.15, 0.2) is 5.65 Å². The van der Waals surface area contributed by atoms with Gasteiger partial charge in [0, 0.05) is 17.0 Å². The fraction of sp³-hybridized carbons (Fsp3) is 0.188. The molecule has 0 radical (unpaired) electrons. The van der Waals surface area contributed by atoms with Crippen molar-refractivity contribution in [2.45, 2.75) is 13.8 Å². The Labute approximate surface area is 159 Å². The fourth-order valence-corrected chi connectivity index (χ4v) is 3.82. The molecule has 1 aromatic carbocycles. The van der Waals surface area contributed by atoms with E-state index in [0.717, 1.165) is 6.26 Å². The van der Waals surface area contributed by atoms with Gasteiger partial charge in [0.2, 0.25) is 10.0 Å². The molecule has 1 N–H and O–H groups in total. The molecule has 10 heteroatoms. The van der Waals surface area contributed by atoms with Gasteiger partial charge < -0.3 is 0 Å². The Balaban J connectivity index is 2.22. The number of nitrogens with one attached hydrogen (secondary N) is 1. The third-order valence-corrected chi connectivity index (χ3v) is 4.74. The van der Waals surface area contributed by atoms with Crippen LogP contribution in [0.15, 0.2) is 23.0 Å². The summed E-state index contributed by atoms with van der Waals surface area (Å²) < 4.78 is 26.3. The van der Waals surface area contributed by atoms with Crippen molar-refractivity contribution in [2.24, 2.45) is 0 Å². The van der Waals surface area contributed by atoms with E-state index in [-0.39, 0.29) is 21.3 Å². The molecule has 0 spiro atoms. The van der Waals surface area contributed by atoms with Crippen molar-refractivity contribution in [1.82, 2.24) is 14.6 Å². The third kappa shape index (κ3) is 3.67. The maximum atomic E-state index is 12.0. The first-order valence-corrected chi connectivity index (χ1v) is 10.1. The van der Waals surface area contributed by atoms with Crippen LogP contribution in [-0.2, 0) is 10.0 Å². The Kier molecular flexibility index (Phi) is 4.68. The molecule has 0 unspecified atom stereocenters. The number of benzene rings is 1. The maximum absolute atomic E-state index is 12.0. The quantitative estimate of drug-likeness (QED) is 0.709. The van der Waals surface area contributed by atoms with E-state index in [2.05, 4.69) is 14.8 Å². The molecule has 3 aromatic rings. The number of anilines is 1. The number of nitrogens with zero attached hydrogens (tertiary/aromatic N) is 3. The SMILES string of the molecule is Cc1cc(=O)n2nc(C)/c(=C/c3cc(Cl)c(NS(C)(=O)=O)c(Cl)c3)c2n1. The molecule has 2 aromatic heterocycles. The Bertz CT molecular complexity index is 1230. The van der Waals surface area contributed by atoms with E-state index < -0.39 is 10.0 Å². The smallest absolute Gasteiger partial charge is 0.274 e. The first kappa shape index (κ1) is 18.6. The van der Waals surface area contributed by atoms with Crippen LogP contribution in [0.25, 0.3) is 11.7 Å². The summed E-state index contributed by atoms with van der Waals surface area (Å²) in [6, 6.07) is 4.54. The summed E-state index contributed by atoms with van der Waals surface area (Å²) in [5.74, 6) is 0. The van der Waals surface area contributed by atoms with E-state index in [1.165, 1.54) is 10.6 Å². The van der Waals surface area contributed by atoms with Gasteiger partial charge in [-0.15, -0.1) is 0 Å². The number of hydrogen-bond acceptors (Lipinski definition) is 5. The van der Waals surface area contributed by atoms with Crippen molar-refractivity contribution in [2.75, 3.05) is 11.0 Å². The lowest BCUT2D eigenvalue weighted by molar-refractivity contribution is 0.607. The summed E-state index contributed by atoms with van der Waals surface area (Å²) in [6.45, 7) is 3.49. The second-order valence-electron chi connectivity index (χ2n) is 5.85. The summed E-state index contributed by atoms with van der Waals surface area (Å²) in [5, 5.41) is 5.17. The molecule has 2 heterocycles. The van der Waals surface area contributed by atoms with Crippen molar-refractivity contribution in [1.29, 1.82) is 0 Å². The Morgan fingerprint density at radius 1 is 1.15 bits per heavy atom. The Morgan fingerprint density at radius 2 is 1.77 bits per heavy atom. The van der Waals surface area contributed by atoms with Gasteiger partial charge in [0.1, 0.15) is 0 Å². The summed E-state index contributed by atoms with van der Waals surface area (Å²) in [5.41, 5.74) is 2.09. The number of halogens is 2. The Morgan fingerprint density at radius 3 is 2.35 bits per heavy atom. The minimum absolute atomic E-state index is 0.111. The van der Waals surface area contributed by atoms with Gasteiger partial charge in [0.25, 0.3) is 5.56 Å². The topological polar surface area (TPSA) is 93.4 Å². The molecule has 3 rings (SSSR count). The molecule has 0 aliphatic rings. The average Bonchev–Trinajstić information content (AvgIpc) is 2.79. The van der Waals surface area contributed by atoms with Crippen molar-refractivity contribution in [3.63, 3.8) is 0 Å². The molecule has 0 saturated carbocycles. The number of sulfonamides is 1. The zero-order valence-electron chi connectivity index (χ0n) is 14.0. The van der Waals surface area contributed by atoms with Crippen molar-refractivity contribution < 1.29 is 8.42 Å². The van der Waals surface area contributed by atoms with Crippen LogP contribution in [-0.4, -0.2) is 29.3 Å². The van der Waals surface area contributed by atoms with Crippen molar-refractivity contribution in [3.8, 4) is 0 Å². The van der Waals surface area contributed by atoms with Gasteiger partial charge >= 0.3 is 0 Å². The number of hydrogen-bond donors (Lipinski definition) is 1. The summed E-state index contributed by atoms with van der Waals surface area (Å²) in [6.07, 6.45) is 2.75. The molecule has 0 atom stereocenters. The van der Waals surface area contributed by atoms with E-state index in [9.17, 15) is 13.2 Å². The van der Waals surface area contributed by atoms with Crippen LogP contribution in [0.1, 0.15) is 17.0 Å². The molecule has 0 aliphatic carbocycles. The number of fused-ring (bicyclic) bond motifs is 1. The van der Waals surface area contributed by atoms with Crippen LogP contribution in [0, 0.1) is 13.8 Å². The molecule has 7 nitrogen and oxygen atoms in total. The minimum Gasteiger partial charge on any atom is -0.281 e. The lowest BCUT2D eigenvalue weighted by atomic mass is 10.1. The molecule has 0 aliphatic heterocycles. The predicted octanol–water partition coefficient (Wildman–Crippen LogP) is 1.93. The van der Waals surface area contributed by atoms with E-state index in [1.807, 2.05) is 0 Å². The van der Waals surface area contributed by atoms with Crippen LogP contribution in [0.2, 0.25) is 10.0 Å². The van der Waals surface area contributed by atoms with Gasteiger partial charge in [-0.3, -0.25) is 9.52 Å². The molecule has 0 amide bonds. The highest BCUT2D eigenvalue weighted by Crippen LogP contribution is 2.32. The van der Waals surface area contributed by atoms with Crippen LogP contribution in [0.5, 0.6) is 0 Å². The van der Waals surface area contributed by atoms with Gasteiger partial charge in [-0.05, 0) is 37.6 Å². The van der Waals surface area contributed by atoms with E-state index in [4.69, 9.17) is 23.2 Å². The summed E-state index contributed by atoms with van der Waals surface area (Å²) in [4.78, 5) is 16.4. The van der Waals surface area contributed by atoms with E-state index in [0.29, 0.717) is 27.8 Å². The van der Waals surface area contributed by atoms with Gasteiger partial charge in [-0.1, -0.05) is 23.2 Å². The summed E-state index contributed by atoms with van der Waals surface area (Å²) >= 11 is 12.3. The van der Waals surface area contributed by atoms with Crippen LogP contribution < -0.4 is 15.5 Å². The standard InChI is InChI=1S/C16H14Cl2N4O3S/c1-8-4-14(23)22-16(19-8)11(9(2)20-22)5-10-6-12(17)15(13(18)7-10)21-26(3,24)25/h4-7,21H,1-3H3/b11-5-. The number of aromatic nitrogens is 3. The normalized spacial score (nSPS) is 12.7. The monoisotopic (exact) mass is 412 g/mol. The predicted molar refractivity (Wildman–Crippen MR) is 102 cm³/mol.